The van der Waals surface area contributed by atoms with Gasteiger partial charge in [0.2, 0.25) is 11.8 Å². The van der Waals surface area contributed by atoms with Crippen molar-refractivity contribution in [3.63, 3.8) is 0 Å². The van der Waals surface area contributed by atoms with Gasteiger partial charge in [0.15, 0.2) is 0 Å². The van der Waals surface area contributed by atoms with Crippen LogP contribution in [0, 0.1) is 11.8 Å². The van der Waals surface area contributed by atoms with E-state index in [9.17, 15) is 9.59 Å². The van der Waals surface area contributed by atoms with Gasteiger partial charge in [-0.25, -0.2) is 10.9 Å². The molecule has 10 heteroatoms. The van der Waals surface area contributed by atoms with Crippen molar-refractivity contribution in [2.45, 2.75) is 159 Å². The minimum atomic E-state index is -0.137. The molecule has 2 amide bonds. The Labute approximate surface area is 258 Å². The molecule has 0 spiro atoms. The second kappa shape index (κ2) is 15.6. The summed E-state index contributed by atoms with van der Waals surface area (Å²) in [5.41, 5.74) is 8.27. The molecule has 9 nitrogen and oxygen atoms in total. The molecule has 0 bridgehead atoms. The molecule has 5 rings (SSSR count). The van der Waals surface area contributed by atoms with Gasteiger partial charge in [-0.1, -0.05) is 19.3 Å². The highest BCUT2D eigenvalue weighted by molar-refractivity contribution is 6.20. The van der Waals surface area contributed by atoms with Crippen molar-refractivity contribution in [2.24, 2.45) is 16.8 Å². The Morgan fingerprint density at radius 1 is 1.00 bits per heavy atom. The molecule has 6 atom stereocenters. The first-order valence-electron chi connectivity index (χ1n) is 17.1. The maximum Gasteiger partial charge on any atom is 0.222 e. The molecule has 42 heavy (non-hydrogen) atoms. The SMILES string of the molecule is CCNC(=O)C[C@@H]1N=C(C2CCC(Cl)CC2)C2CC(OCCCCC(=O)NC3CCCCC3)CCC2N2C(C)NNC12. The van der Waals surface area contributed by atoms with E-state index >= 15 is 0 Å². The van der Waals surface area contributed by atoms with Gasteiger partial charge in [-0.2, -0.15) is 0 Å². The van der Waals surface area contributed by atoms with Crippen LogP contribution in [0.1, 0.15) is 117 Å². The number of rotatable bonds is 11. The summed E-state index contributed by atoms with van der Waals surface area (Å²) in [7, 11) is 0. The number of ether oxygens (including phenoxy) is 1. The van der Waals surface area contributed by atoms with Crippen LogP contribution in [0.4, 0.5) is 0 Å². The van der Waals surface area contributed by atoms with Gasteiger partial charge in [0.1, 0.15) is 0 Å². The predicted molar refractivity (Wildman–Crippen MR) is 167 cm³/mol. The molecule has 0 radical (unpaired) electrons. The van der Waals surface area contributed by atoms with Crippen LogP contribution in [0.3, 0.4) is 0 Å². The molecule has 4 fully saturated rings. The molecule has 2 aliphatic heterocycles. The second-order valence-corrected chi connectivity index (χ2v) is 14.0. The van der Waals surface area contributed by atoms with Gasteiger partial charge in [0.05, 0.1) is 30.9 Å². The lowest BCUT2D eigenvalue weighted by Crippen LogP contribution is -2.55. The van der Waals surface area contributed by atoms with E-state index in [1.54, 1.807) is 0 Å². The predicted octanol–water partition coefficient (Wildman–Crippen LogP) is 4.39. The zero-order valence-electron chi connectivity index (χ0n) is 25.9. The third kappa shape index (κ3) is 8.26. The molecule has 3 aliphatic carbocycles. The number of hydrogen-bond donors (Lipinski definition) is 4. The fraction of sp³-hybridized carbons (Fsp3) is 0.906. The first kappa shape index (κ1) is 32.1. The number of hydrogen-bond acceptors (Lipinski definition) is 7. The number of nitrogens with zero attached hydrogens (tertiary/aromatic N) is 2. The van der Waals surface area contributed by atoms with E-state index in [1.807, 2.05) is 6.92 Å². The van der Waals surface area contributed by atoms with Crippen molar-refractivity contribution in [1.29, 1.82) is 0 Å². The summed E-state index contributed by atoms with van der Waals surface area (Å²) in [6.07, 6.45) is 16.4. The van der Waals surface area contributed by atoms with Crippen LogP contribution in [-0.2, 0) is 14.3 Å². The summed E-state index contributed by atoms with van der Waals surface area (Å²) >= 11 is 6.53. The van der Waals surface area contributed by atoms with Gasteiger partial charge >= 0.3 is 0 Å². The topological polar surface area (TPSA) is 107 Å². The number of aliphatic imine (C=N–C) groups is 1. The second-order valence-electron chi connectivity index (χ2n) is 13.4. The van der Waals surface area contributed by atoms with E-state index in [4.69, 9.17) is 21.3 Å². The van der Waals surface area contributed by atoms with Gasteiger partial charge in [-0.15, -0.1) is 11.6 Å². The van der Waals surface area contributed by atoms with Crippen LogP contribution in [0.15, 0.2) is 4.99 Å². The van der Waals surface area contributed by atoms with Crippen molar-refractivity contribution < 1.29 is 14.3 Å². The molecule has 0 aromatic heterocycles. The van der Waals surface area contributed by atoms with E-state index in [2.05, 4.69) is 33.3 Å². The fourth-order valence-corrected chi connectivity index (χ4v) is 8.49. The molecular formula is C32H55ClN6O3. The van der Waals surface area contributed by atoms with Crippen LogP contribution < -0.4 is 21.5 Å². The minimum Gasteiger partial charge on any atom is -0.378 e. The van der Waals surface area contributed by atoms with Crippen molar-refractivity contribution >= 4 is 29.1 Å². The molecule has 5 aliphatic rings. The molecule has 4 N–H and O–H groups in total. The van der Waals surface area contributed by atoms with Crippen molar-refractivity contribution in [3.05, 3.63) is 0 Å². The molecule has 2 heterocycles. The molecule has 238 valence electrons. The monoisotopic (exact) mass is 606 g/mol. The van der Waals surface area contributed by atoms with Crippen LogP contribution in [0.2, 0.25) is 0 Å². The molecular weight excluding hydrogens is 552 g/mol. The smallest absolute Gasteiger partial charge is 0.222 e. The van der Waals surface area contributed by atoms with E-state index in [0.717, 1.165) is 70.6 Å². The number of unbranched alkanes of at least 4 members (excludes halogenated alkanes) is 1. The lowest BCUT2D eigenvalue weighted by atomic mass is 9.72. The van der Waals surface area contributed by atoms with Crippen LogP contribution in [-0.4, -0.2) is 77.5 Å². The molecule has 0 aromatic rings. The normalized spacial score (nSPS) is 35.9. The van der Waals surface area contributed by atoms with Crippen molar-refractivity contribution in [3.8, 4) is 0 Å². The summed E-state index contributed by atoms with van der Waals surface area (Å²) in [6, 6.07) is 0.613. The number of carbonyl (C=O) groups excluding carboxylic acids is 2. The van der Waals surface area contributed by atoms with E-state index < -0.39 is 0 Å². The number of nitrogens with one attached hydrogen (secondary N) is 4. The Morgan fingerprint density at radius 3 is 2.55 bits per heavy atom. The molecule has 1 saturated heterocycles. The Kier molecular flexibility index (Phi) is 12.0. The number of hydrazine groups is 1. The quantitative estimate of drug-likeness (QED) is 0.205. The Morgan fingerprint density at radius 2 is 1.79 bits per heavy atom. The summed E-state index contributed by atoms with van der Waals surface area (Å²) < 4.78 is 6.50. The first-order chi connectivity index (χ1) is 20.4. The van der Waals surface area contributed by atoms with Gasteiger partial charge < -0.3 is 15.4 Å². The largest absolute Gasteiger partial charge is 0.378 e. The van der Waals surface area contributed by atoms with E-state index in [1.165, 1.54) is 25.0 Å². The van der Waals surface area contributed by atoms with Crippen LogP contribution in [0.25, 0.3) is 0 Å². The maximum absolute atomic E-state index is 12.8. The Balaban J connectivity index is 1.21. The Bertz CT molecular complexity index is 922. The van der Waals surface area contributed by atoms with Crippen LogP contribution in [0.5, 0.6) is 0 Å². The minimum absolute atomic E-state index is 0.00537. The fourth-order valence-electron chi connectivity index (χ4n) is 8.24. The molecule has 3 saturated carbocycles. The average molecular weight is 607 g/mol. The molecule has 0 aromatic carbocycles. The van der Waals surface area contributed by atoms with E-state index in [0.29, 0.717) is 49.9 Å². The summed E-state index contributed by atoms with van der Waals surface area (Å²) in [5, 5.41) is 6.50. The van der Waals surface area contributed by atoms with Crippen molar-refractivity contribution in [2.75, 3.05) is 13.2 Å². The lowest BCUT2D eigenvalue weighted by molar-refractivity contribution is -0.122. The van der Waals surface area contributed by atoms with Crippen molar-refractivity contribution in [1.82, 2.24) is 26.4 Å². The highest BCUT2D eigenvalue weighted by atomic mass is 35.5. The summed E-state index contributed by atoms with van der Waals surface area (Å²) in [4.78, 5) is 33.3. The zero-order valence-corrected chi connectivity index (χ0v) is 26.7. The Hall–Kier alpha value is -1.26. The zero-order chi connectivity index (χ0) is 29.5. The highest BCUT2D eigenvalue weighted by Gasteiger charge is 2.50. The van der Waals surface area contributed by atoms with Gasteiger partial charge in [-0.3, -0.25) is 19.5 Å². The summed E-state index contributed by atoms with van der Waals surface area (Å²) in [5.74, 6) is 1.00. The van der Waals surface area contributed by atoms with E-state index in [-0.39, 0.29) is 41.7 Å². The number of amides is 2. The number of fused-ring (bicyclic) bond motifs is 3. The molecule has 5 unspecified atom stereocenters. The first-order valence-corrected chi connectivity index (χ1v) is 17.5. The summed E-state index contributed by atoms with van der Waals surface area (Å²) in [6.45, 7) is 5.51. The van der Waals surface area contributed by atoms with Gasteiger partial charge in [0.25, 0.3) is 0 Å². The third-order valence-electron chi connectivity index (χ3n) is 10.4. The third-order valence-corrected chi connectivity index (χ3v) is 10.8. The number of carbonyl (C=O) groups is 2. The standard InChI is InChI=1S/C32H55ClN6O3/c1-3-34-30(41)20-27-32-38-37-21(2)39(32)28-17-16-25(19-26(28)31(36-27)22-12-14-23(33)15-13-22)42-18-8-7-11-29(40)35-24-9-5-4-6-10-24/h21-28,32,37-38H,3-20H2,1-2H3,(H,34,41)(H,35,40)/t21?,22?,23?,25?,26?,27-,28?,32?/m0/s1. The average Bonchev–Trinajstić information content (AvgIpc) is 3.31. The highest BCUT2D eigenvalue weighted by Crippen LogP contribution is 2.42. The van der Waals surface area contributed by atoms with Gasteiger partial charge in [0, 0.05) is 48.7 Å². The van der Waals surface area contributed by atoms with Crippen LogP contribution >= 0.6 is 11.6 Å². The number of halogens is 1. The maximum atomic E-state index is 12.8. The lowest BCUT2D eigenvalue weighted by Gasteiger charge is -2.44. The number of alkyl halides is 1. The van der Waals surface area contributed by atoms with Gasteiger partial charge in [-0.05, 0) is 90.4 Å².